The number of ether oxygens (including phenoxy) is 2. The zero-order chi connectivity index (χ0) is 71.1. The van der Waals surface area contributed by atoms with Gasteiger partial charge in [0.25, 0.3) is 0 Å². The van der Waals surface area contributed by atoms with E-state index in [1.807, 2.05) is 53.7 Å². The minimum absolute atomic E-state index is 0.0213. The smallest absolute Gasteiger partial charge is 0.408 e. The van der Waals surface area contributed by atoms with Crippen LogP contribution in [0.5, 0.6) is 0 Å². The zero-order valence-electron chi connectivity index (χ0n) is 60.0. The largest absolute Gasteiger partial charge is 0.458 e. The molecular weight excluding hydrogens is 1180 g/mol. The third kappa shape index (κ3) is 25.1. The molecule has 0 radical (unpaired) electrons. The maximum Gasteiger partial charge on any atom is 0.408 e. The summed E-state index contributed by atoms with van der Waals surface area (Å²) in [4.78, 5) is 163. The number of hydrogen-bond donors (Lipinski definition) is 5. The molecule has 12 atom stereocenters. The van der Waals surface area contributed by atoms with Gasteiger partial charge in [0.15, 0.2) is 0 Å². The van der Waals surface area contributed by atoms with Crippen LogP contribution in [0, 0.1) is 35.5 Å². The number of benzene rings is 1. The number of aliphatic hydroxyl groups excluding tert-OH is 1. The third-order valence-electron chi connectivity index (χ3n) is 16.3. The van der Waals surface area contributed by atoms with Crippen molar-refractivity contribution in [3.8, 4) is 0 Å². The van der Waals surface area contributed by atoms with Crippen molar-refractivity contribution in [3.63, 3.8) is 0 Å². The maximum absolute atomic E-state index is 15.2. The van der Waals surface area contributed by atoms with Crippen molar-refractivity contribution in [2.24, 2.45) is 35.5 Å². The fourth-order valence-electron chi connectivity index (χ4n) is 10.6. The fourth-order valence-corrected chi connectivity index (χ4v) is 10.6. The van der Waals surface area contributed by atoms with E-state index in [4.69, 9.17) is 9.47 Å². The molecule has 0 aliphatic heterocycles. The average Bonchev–Trinajstić information content (AvgIpc) is 0.813. The maximum atomic E-state index is 15.2. The Bertz CT molecular complexity index is 2640. The van der Waals surface area contributed by atoms with Gasteiger partial charge >= 0.3 is 12.1 Å². The topological polar surface area (TPSA) is 294 Å². The summed E-state index contributed by atoms with van der Waals surface area (Å²) in [6.45, 7) is 32.8. The molecule has 24 nitrogen and oxygen atoms in total. The first-order valence-corrected chi connectivity index (χ1v) is 32.5. The van der Waals surface area contributed by atoms with E-state index in [1.54, 1.807) is 99.6 Å². The molecule has 0 heterocycles. The van der Waals surface area contributed by atoms with Gasteiger partial charge in [0.05, 0.1) is 6.10 Å². The molecule has 0 aliphatic carbocycles. The summed E-state index contributed by atoms with van der Waals surface area (Å²) < 4.78 is 10.9. The third-order valence-corrected chi connectivity index (χ3v) is 16.3. The Kier molecular flexibility index (Phi) is 34.4. The molecule has 1 rings (SSSR count). The van der Waals surface area contributed by atoms with Crippen molar-refractivity contribution >= 4 is 65.2 Å². The molecule has 0 bridgehead atoms. The lowest BCUT2D eigenvalue weighted by atomic mass is 9.91. The van der Waals surface area contributed by atoms with Gasteiger partial charge < -0.3 is 65.2 Å². The quantitative estimate of drug-likeness (QED) is 0.0389. The highest BCUT2D eigenvalue weighted by Crippen LogP contribution is 2.26. The number of likely N-dealkylation sites (N-methyl/N-ethyl adjacent to an activating group) is 6. The Labute approximate surface area is 549 Å². The predicted octanol–water partition coefficient (Wildman–Crippen LogP) is 5.92. The second-order valence-corrected chi connectivity index (χ2v) is 27.6. The van der Waals surface area contributed by atoms with Crippen LogP contribution >= 0.6 is 0 Å². The van der Waals surface area contributed by atoms with Crippen LogP contribution in [0.25, 0.3) is 0 Å². The number of carbonyl (C=O) groups is 11. The molecule has 0 unspecified atom stereocenters. The Morgan fingerprint density at radius 1 is 0.522 bits per heavy atom. The molecule has 1 aromatic carbocycles. The number of rotatable bonds is 35. The number of hydrogen-bond acceptors (Lipinski definition) is 14. The molecule has 10 amide bonds. The van der Waals surface area contributed by atoms with Crippen LogP contribution in [0.15, 0.2) is 42.5 Å². The first-order chi connectivity index (χ1) is 42.5. The number of esters is 1. The van der Waals surface area contributed by atoms with Gasteiger partial charge in [0.1, 0.15) is 72.6 Å². The van der Waals surface area contributed by atoms with Crippen LogP contribution in [-0.2, 0) is 64.0 Å². The lowest BCUT2D eigenvalue weighted by Crippen LogP contribution is -2.63. The Morgan fingerprint density at radius 3 is 1.46 bits per heavy atom. The van der Waals surface area contributed by atoms with Gasteiger partial charge in [-0.1, -0.05) is 126 Å². The number of aliphatic hydroxyl groups is 1. The second kappa shape index (κ2) is 38.2. The Balaban J connectivity index is 3.57. The summed E-state index contributed by atoms with van der Waals surface area (Å²) in [5.41, 5.74) is -0.0748. The molecule has 5 N–H and O–H groups in total. The Morgan fingerprint density at radius 2 is 0.989 bits per heavy atom. The van der Waals surface area contributed by atoms with Crippen LogP contribution in [0.4, 0.5) is 4.79 Å². The van der Waals surface area contributed by atoms with Crippen molar-refractivity contribution in [3.05, 3.63) is 48.0 Å². The highest BCUT2D eigenvalue weighted by Gasteiger charge is 2.45. The number of allylic oxidation sites excluding steroid dienone is 2. The van der Waals surface area contributed by atoms with E-state index in [2.05, 4.69) is 21.3 Å². The standard InChI is InChI=1S/C68H116N10O14/c1-26-28-32-44(13)56(79)55(59(82)71-49(27-2)61(84)73(20)47(16)66(89)92-68(17,18)19)78(25)65(88)54(43(11)12)77(24)63(86)52(37-41(7)8)76(23)62(85)51(36-40(5)6)75(22)60(83)46(15)70-57(80)45(14)69-58(81)50(35-39(3)4)74(21)64(87)53(42(9)10)72-67(90)91-38-48-33-30-29-31-34-48/h26,28-31,33-34,39-47,49-56,79H,27,32,35-38H2,1-25H3,(H,69,81)(H,70,80)(H,71,82)(H,72,90)/b28-26+/t44-,45+,46-,47-,49+,50+,51+,52+,53+,54+,55+,56-/m1/s1. The first-order valence-electron chi connectivity index (χ1n) is 32.5. The van der Waals surface area contributed by atoms with Gasteiger partial charge in [-0.2, -0.15) is 0 Å². The van der Waals surface area contributed by atoms with Crippen LogP contribution in [0.3, 0.4) is 0 Å². The van der Waals surface area contributed by atoms with E-state index in [0.29, 0.717) is 6.42 Å². The normalized spacial score (nSPS) is 15.7. The minimum atomic E-state index is -1.58. The van der Waals surface area contributed by atoms with Crippen molar-refractivity contribution in [2.45, 2.75) is 242 Å². The molecule has 0 spiro atoms. The fraction of sp³-hybridized carbons (Fsp3) is 0.721. The number of nitrogens with one attached hydrogen (secondary N) is 4. The van der Waals surface area contributed by atoms with E-state index < -0.39 is 155 Å². The van der Waals surface area contributed by atoms with E-state index in [1.165, 1.54) is 87.6 Å². The number of nitrogens with zero attached hydrogens (tertiary/aromatic N) is 6. The summed E-state index contributed by atoms with van der Waals surface area (Å²) in [6.07, 6.45) is 2.19. The van der Waals surface area contributed by atoms with Gasteiger partial charge in [0, 0.05) is 42.3 Å². The zero-order valence-corrected chi connectivity index (χ0v) is 60.0. The summed E-state index contributed by atoms with van der Waals surface area (Å²) in [6, 6.07) is -2.94. The van der Waals surface area contributed by atoms with Crippen LogP contribution in [-0.4, -0.2) is 214 Å². The van der Waals surface area contributed by atoms with Gasteiger partial charge in [-0.25, -0.2) is 9.59 Å². The Hall–Kier alpha value is -7.11. The number of carbonyl (C=O) groups excluding carboxylic acids is 11. The highest BCUT2D eigenvalue weighted by atomic mass is 16.6. The van der Waals surface area contributed by atoms with Crippen LogP contribution in [0.2, 0.25) is 0 Å². The monoisotopic (exact) mass is 1300 g/mol. The van der Waals surface area contributed by atoms with Gasteiger partial charge in [-0.05, 0) is 122 Å². The molecule has 0 saturated heterocycles. The summed E-state index contributed by atoms with van der Waals surface area (Å²) in [7, 11) is 8.54. The van der Waals surface area contributed by atoms with Crippen molar-refractivity contribution in [1.29, 1.82) is 0 Å². The summed E-state index contributed by atoms with van der Waals surface area (Å²) in [5, 5.41) is 22.8. The molecule has 92 heavy (non-hydrogen) atoms. The van der Waals surface area contributed by atoms with E-state index in [0.717, 1.165) is 10.5 Å². The predicted molar refractivity (Wildman–Crippen MR) is 354 cm³/mol. The minimum Gasteiger partial charge on any atom is -0.458 e. The molecular formula is C68H116N10O14. The van der Waals surface area contributed by atoms with Gasteiger partial charge in [0.2, 0.25) is 53.2 Å². The van der Waals surface area contributed by atoms with Crippen molar-refractivity contribution in [2.75, 3.05) is 42.3 Å². The second-order valence-electron chi connectivity index (χ2n) is 27.6. The van der Waals surface area contributed by atoms with E-state index in [-0.39, 0.29) is 50.0 Å². The summed E-state index contributed by atoms with van der Waals surface area (Å²) >= 11 is 0. The molecule has 522 valence electrons. The number of amides is 10. The molecule has 0 saturated carbocycles. The van der Waals surface area contributed by atoms with Crippen LogP contribution < -0.4 is 21.3 Å². The van der Waals surface area contributed by atoms with E-state index in [9.17, 15) is 43.5 Å². The average molecular weight is 1300 g/mol. The van der Waals surface area contributed by atoms with Gasteiger partial charge in [-0.3, -0.25) is 43.2 Å². The first kappa shape index (κ1) is 82.9. The lowest BCUT2D eigenvalue weighted by molar-refractivity contribution is -0.163. The summed E-state index contributed by atoms with van der Waals surface area (Å²) in [5.74, 6) is -8.64. The SMILES string of the molecule is C/C=C/C[C@@H](C)[C@@H](O)[C@@H](C(=O)N[C@@H](CC)C(=O)N(C)[C@H](C)C(=O)OC(C)(C)C)N(C)C(=O)[C@H](C(C)C)N(C)C(=O)[C@H](CC(C)C)N(C)C(=O)[C@H](CC(C)C)N(C)C(=O)[C@@H](C)NC(=O)[C@H](C)NC(=O)[C@H](CC(C)C)N(C)C(=O)[C@@H](NC(=O)OCc1ccccc1)C(C)C. The van der Waals surface area contributed by atoms with Crippen molar-refractivity contribution in [1.82, 2.24) is 50.7 Å². The van der Waals surface area contributed by atoms with Crippen LogP contribution in [0.1, 0.15) is 169 Å². The highest BCUT2D eigenvalue weighted by molar-refractivity contribution is 5.99. The molecule has 0 aliphatic rings. The van der Waals surface area contributed by atoms with Gasteiger partial charge in [-0.15, -0.1) is 0 Å². The molecule has 0 fully saturated rings. The lowest BCUT2D eigenvalue weighted by Gasteiger charge is -2.41. The van der Waals surface area contributed by atoms with E-state index >= 15 is 14.4 Å². The molecule has 0 aromatic heterocycles. The number of alkyl carbamates (subject to hydrolysis) is 1. The molecule has 1 aromatic rings. The van der Waals surface area contributed by atoms with Crippen molar-refractivity contribution < 1.29 is 67.3 Å². The molecule has 24 heteroatoms.